The van der Waals surface area contributed by atoms with E-state index in [-0.39, 0.29) is 4.90 Å². The maximum atomic E-state index is 11.8. The molecular formula is C20H27N3O2S. The predicted molar refractivity (Wildman–Crippen MR) is 108 cm³/mol. The molecule has 5 nitrogen and oxygen atoms in total. The van der Waals surface area contributed by atoms with Crippen molar-refractivity contribution in [3.8, 4) is 0 Å². The number of aryl methyl sites for hydroxylation is 2. The minimum atomic E-state index is -3.39. The van der Waals surface area contributed by atoms with Crippen molar-refractivity contribution in [1.82, 2.24) is 9.62 Å². The van der Waals surface area contributed by atoms with Crippen LogP contribution in [0, 0.1) is 13.8 Å². The molecule has 0 atom stereocenters. The van der Waals surface area contributed by atoms with Crippen LogP contribution in [-0.2, 0) is 16.4 Å². The lowest BCUT2D eigenvalue weighted by molar-refractivity contribution is 0.552. The third kappa shape index (κ3) is 4.93. The van der Waals surface area contributed by atoms with Crippen LogP contribution in [0.25, 0.3) is 0 Å². The van der Waals surface area contributed by atoms with E-state index in [1.54, 1.807) is 12.1 Å². The SMILES string of the molecule is CCN(C)C=Nc1cc(C)c(Cc2ccc(S(=O)(=O)NC)cc2)cc1C. The first kappa shape index (κ1) is 20.1. The quantitative estimate of drug-likeness (QED) is 0.598. The number of aliphatic imine (C=N–C) groups is 1. The van der Waals surface area contributed by atoms with Gasteiger partial charge in [0.05, 0.1) is 16.9 Å². The Kier molecular flexibility index (Phi) is 6.56. The summed E-state index contributed by atoms with van der Waals surface area (Å²) in [5.74, 6) is 0. The Hall–Kier alpha value is -2.18. The average Bonchev–Trinajstić information content (AvgIpc) is 2.63. The standard InChI is InChI=1S/C20H27N3O2S/c1-6-23(5)14-22-20-12-15(2)18(11-16(20)3)13-17-7-9-19(10-8-17)26(24,25)21-4/h7-12,14,21H,6,13H2,1-5H3. The van der Waals surface area contributed by atoms with Crippen molar-refractivity contribution in [3.63, 3.8) is 0 Å². The second-order valence-corrected chi connectivity index (χ2v) is 8.30. The molecule has 1 N–H and O–H groups in total. The van der Waals surface area contributed by atoms with Crippen molar-refractivity contribution in [3.05, 3.63) is 58.7 Å². The van der Waals surface area contributed by atoms with Crippen LogP contribution in [-0.4, -0.2) is 40.3 Å². The molecular weight excluding hydrogens is 346 g/mol. The Bertz CT molecular complexity index is 888. The minimum Gasteiger partial charge on any atom is -0.366 e. The van der Waals surface area contributed by atoms with E-state index < -0.39 is 10.0 Å². The third-order valence-corrected chi connectivity index (χ3v) is 5.87. The monoisotopic (exact) mass is 373 g/mol. The summed E-state index contributed by atoms with van der Waals surface area (Å²) in [5.41, 5.74) is 5.57. The molecule has 0 aliphatic rings. The molecule has 2 aromatic carbocycles. The van der Waals surface area contributed by atoms with Crippen LogP contribution in [0.3, 0.4) is 0 Å². The summed E-state index contributed by atoms with van der Waals surface area (Å²) in [6.07, 6.45) is 2.60. The second kappa shape index (κ2) is 8.47. The van der Waals surface area contributed by atoms with Gasteiger partial charge in [-0.1, -0.05) is 18.2 Å². The van der Waals surface area contributed by atoms with Gasteiger partial charge in [-0.2, -0.15) is 0 Å². The maximum Gasteiger partial charge on any atom is 0.240 e. The van der Waals surface area contributed by atoms with Gasteiger partial charge in [-0.05, 0) is 74.7 Å². The smallest absolute Gasteiger partial charge is 0.240 e. The Morgan fingerprint density at radius 3 is 2.35 bits per heavy atom. The fourth-order valence-corrected chi connectivity index (χ4v) is 3.29. The van der Waals surface area contributed by atoms with Gasteiger partial charge in [0.25, 0.3) is 0 Å². The van der Waals surface area contributed by atoms with Gasteiger partial charge in [-0.15, -0.1) is 0 Å². The lowest BCUT2D eigenvalue weighted by atomic mass is 9.97. The molecule has 6 heteroatoms. The molecule has 140 valence electrons. The van der Waals surface area contributed by atoms with E-state index in [1.165, 1.54) is 18.2 Å². The van der Waals surface area contributed by atoms with E-state index in [1.807, 2.05) is 30.4 Å². The van der Waals surface area contributed by atoms with Crippen LogP contribution in [0.4, 0.5) is 5.69 Å². The van der Waals surface area contributed by atoms with Crippen molar-refractivity contribution >= 4 is 22.0 Å². The highest BCUT2D eigenvalue weighted by Gasteiger charge is 2.11. The molecule has 26 heavy (non-hydrogen) atoms. The molecule has 0 heterocycles. The van der Waals surface area contributed by atoms with E-state index in [2.05, 4.69) is 42.6 Å². The second-order valence-electron chi connectivity index (χ2n) is 6.41. The van der Waals surface area contributed by atoms with Gasteiger partial charge >= 0.3 is 0 Å². The molecule has 0 saturated heterocycles. The number of rotatable bonds is 7. The zero-order chi connectivity index (χ0) is 19.3. The van der Waals surface area contributed by atoms with Crippen molar-refractivity contribution in [2.24, 2.45) is 4.99 Å². The van der Waals surface area contributed by atoms with Gasteiger partial charge in [-0.3, -0.25) is 0 Å². The normalized spacial score (nSPS) is 11.9. The molecule has 0 radical (unpaired) electrons. The molecule has 2 aromatic rings. The Labute approximate surface area is 156 Å². The van der Waals surface area contributed by atoms with E-state index in [9.17, 15) is 8.42 Å². The first-order valence-corrected chi connectivity index (χ1v) is 10.1. The molecule has 0 spiro atoms. The lowest BCUT2D eigenvalue weighted by Gasteiger charge is -2.12. The zero-order valence-electron chi connectivity index (χ0n) is 16.1. The van der Waals surface area contributed by atoms with Crippen LogP contribution in [0.15, 0.2) is 46.3 Å². The summed E-state index contributed by atoms with van der Waals surface area (Å²) in [4.78, 5) is 6.87. The Morgan fingerprint density at radius 1 is 1.12 bits per heavy atom. The molecule has 0 saturated carbocycles. The van der Waals surface area contributed by atoms with Crippen molar-refractivity contribution in [1.29, 1.82) is 0 Å². The first-order valence-electron chi connectivity index (χ1n) is 8.64. The molecule has 0 bridgehead atoms. The van der Waals surface area contributed by atoms with Crippen LogP contribution >= 0.6 is 0 Å². The third-order valence-electron chi connectivity index (χ3n) is 4.44. The lowest BCUT2D eigenvalue weighted by Crippen LogP contribution is -2.18. The van der Waals surface area contributed by atoms with Crippen LogP contribution < -0.4 is 4.72 Å². The van der Waals surface area contributed by atoms with Gasteiger partial charge in [0.15, 0.2) is 0 Å². The zero-order valence-corrected chi connectivity index (χ0v) is 16.9. The number of sulfonamides is 1. The van der Waals surface area contributed by atoms with Gasteiger partial charge < -0.3 is 4.90 Å². The molecule has 0 amide bonds. The summed E-state index contributed by atoms with van der Waals surface area (Å²) in [6, 6.07) is 11.3. The maximum absolute atomic E-state index is 11.8. The minimum absolute atomic E-state index is 0.279. The molecule has 0 aliphatic carbocycles. The topological polar surface area (TPSA) is 61.8 Å². The van der Waals surface area contributed by atoms with Crippen molar-refractivity contribution < 1.29 is 8.42 Å². The van der Waals surface area contributed by atoms with Crippen LogP contribution in [0.5, 0.6) is 0 Å². The highest BCUT2D eigenvalue weighted by Crippen LogP contribution is 2.25. The average molecular weight is 374 g/mol. The largest absolute Gasteiger partial charge is 0.366 e. The number of nitrogens with one attached hydrogen (secondary N) is 1. The number of hydrogen-bond donors (Lipinski definition) is 1. The number of hydrogen-bond acceptors (Lipinski definition) is 3. The fourth-order valence-electron chi connectivity index (χ4n) is 2.56. The van der Waals surface area contributed by atoms with Gasteiger partial charge in [0, 0.05) is 13.6 Å². The van der Waals surface area contributed by atoms with Crippen molar-refractivity contribution in [2.75, 3.05) is 20.6 Å². The summed E-state index contributed by atoms with van der Waals surface area (Å²) in [5, 5.41) is 0. The summed E-state index contributed by atoms with van der Waals surface area (Å²) >= 11 is 0. The van der Waals surface area contributed by atoms with E-state index >= 15 is 0 Å². The Morgan fingerprint density at radius 2 is 1.77 bits per heavy atom. The fraction of sp³-hybridized carbons (Fsp3) is 0.350. The first-order chi connectivity index (χ1) is 12.3. The summed E-state index contributed by atoms with van der Waals surface area (Å²) < 4.78 is 25.9. The summed E-state index contributed by atoms with van der Waals surface area (Å²) in [6.45, 7) is 7.14. The highest BCUT2D eigenvalue weighted by atomic mass is 32.2. The van der Waals surface area contributed by atoms with Gasteiger partial charge in [0.1, 0.15) is 0 Å². The van der Waals surface area contributed by atoms with Crippen LogP contribution in [0.2, 0.25) is 0 Å². The number of nitrogens with zero attached hydrogens (tertiary/aromatic N) is 2. The van der Waals surface area contributed by atoms with Gasteiger partial charge in [-0.25, -0.2) is 18.1 Å². The van der Waals surface area contributed by atoms with Crippen LogP contribution in [0.1, 0.15) is 29.2 Å². The molecule has 2 rings (SSSR count). The summed E-state index contributed by atoms with van der Waals surface area (Å²) in [7, 11) is 0.0185. The molecule has 0 aromatic heterocycles. The van der Waals surface area contributed by atoms with Crippen molar-refractivity contribution in [2.45, 2.75) is 32.1 Å². The van der Waals surface area contributed by atoms with E-state index in [4.69, 9.17) is 0 Å². The molecule has 0 aliphatic heterocycles. The molecule has 0 fully saturated rings. The van der Waals surface area contributed by atoms with E-state index in [0.29, 0.717) is 0 Å². The number of benzene rings is 2. The molecule has 0 unspecified atom stereocenters. The van der Waals surface area contributed by atoms with Gasteiger partial charge in [0.2, 0.25) is 10.0 Å². The highest BCUT2D eigenvalue weighted by molar-refractivity contribution is 7.89. The van der Waals surface area contributed by atoms with E-state index in [0.717, 1.165) is 29.8 Å². The Balaban J connectivity index is 2.22. The predicted octanol–water partition coefficient (Wildman–Crippen LogP) is 3.41.